The first kappa shape index (κ1) is 13.1. The van der Waals surface area contributed by atoms with E-state index in [2.05, 4.69) is 17.1 Å². The largest absolute Gasteiger partial charge is 0.314 e. The lowest BCUT2D eigenvalue weighted by Gasteiger charge is -2.47. The second-order valence-corrected chi connectivity index (χ2v) is 4.51. The Balaban J connectivity index is 0.00000112. The van der Waals surface area contributed by atoms with Gasteiger partial charge >= 0.3 is 0 Å². The number of nitrogens with one attached hydrogen (secondary N) is 1. The van der Waals surface area contributed by atoms with Gasteiger partial charge in [-0.3, -0.25) is 4.90 Å². The number of hydrogen-bond donors (Lipinski definition) is 1. The summed E-state index contributed by atoms with van der Waals surface area (Å²) < 4.78 is 24.6. The van der Waals surface area contributed by atoms with Crippen molar-refractivity contribution in [1.29, 1.82) is 0 Å². The fourth-order valence-corrected chi connectivity index (χ4v) is 2.51. The SMILES string of the molecule is C[C@@H]1CNCCN1C1CC(C(F)F)C1.Cl. The zero-order valence-corrected chi connectivity index (χ0v) is 9.77. The third-order valence-electron chi connectivity index (χ3n) is 3.53. The Morgan fingerprint density at radius 2 is 2.00 bits per heavy atom. The van der Waals surface area contributed by atoms with Gasteiger partial charge in [-0.1, -0.05) is 0 Å². The summed E-state index contributed by atoms with van der Waals surface area (Å²) in [5.41, 5.74) is 0. The molecule has 1 N–H and O–H groups in total. The van der Waals surface area contributed by atoms with Gasteiger partial charge in [0.25, 0.3) is 0 Å². The summed E-state index contributed by atoms with van der Waals surface area (Å²) in [7, 11) is 0. The normalized spacial score (nSPS) is 37.2. The Bertz CT molecular complexity index is 198. The van der Waals surface area contributed by atoms with Crippen molar-refractivity contribution in [2.45, 2.75) is 38.3 Å². The summed E-state index contributed by atoms with van der Waals surface area (Å²) in [6.45, 7) is 5.18. The van der Waals surface area contributed by atoms with E-state index in [0.29, 0.717) is 24.9 Å². The molecule has 1 heterocycles. The molecule has 0 spiro atoms. The lowest BCUT2D eigenvalue weighted by Crippen LogP contribution is -2.57. The third-order valence-corrected chi connectivity index (χ3v) is 3.53. The van der Waals surface area contributed by atoms with Crippen LogP contribution in [0.2, 0.25) is 0 Å². The highest BCUT2D eigenvalue weighted by atomic mass is 35.5. The number of halogens is 3. The summed E-state index contributed by atoms with van der Waals surface area (Å²) >= 11 is 0. The maximum atomic E-state index is 12.3. The number of rotatable bonds is 2. The number of piperazine rings is 1. The van der Waals surface area contributed by atoms with Crippen LogP contribution >= 0.6 is 12.4 Å². The van der Waals surface area contributed by atoms with Crippen molar-refractivity contribution in [1.82, 2.24) is 10.2 Å². The maximum absolute atomic E-state index is 12.3. The van der Waals surface area contributed by atoms with Crippen molar-refractivity contribution < 1.29 is 8.78 Å². The first-order chi connectivity index (χ1) is 6.68. The monoisotopic (exact) mass is 240 g/mol. The van der Waals surface area contributed by atoms with Crippen LogP contribution in [0.25, 0.3) is 0 Å². The van der Waals surface area contributed by atoms with Crippen LogP contribution in [-0.2, 0) is 0 Å². The van der Waals surface area contributed by atoms with Crippen molar-refractivity contribution in [3.8, 4) is 0 Å². The lowest BCUT2D eigenvalue weighted by atomic mass is 9.79. The highest BCUT2D eigenvalue weighted by Gasteiger charge is 2.40. The molecule has 1 saturated heterocycles. The molecule has 2 nitrogen and oxygen atoms in total. The first-order valence-corrected chi connectivity index (χ1v) is 5.43. The van der Waals surface area contributed by atoms with Gasteiger partial charge in [0.05, 0.1) is 0 Å². The minimum absolute atomic E-state index is 0. The summed E-state index contributed by atoms with van der Waals surface area (Å²) in [6.07, 6.45) is -0.714. The average Bonchev–Trinajstić information content (AvgIpc) is 2.05. The Kier molecular flexibility index (Phi) is 4.74. The molecule has 15 heavy (non-hydrogen) atoms. The topological polar surface area (TPSA) is 15.3 Å². The zero-order valence-electron chi connectivity index (χ0n) is 8.96. The molecule has 0 unspecified atom stereocenters. The molecular formula is C10H19ClF2N2. The van der Waals surface area contributed by atoms with Crippen molar-refractivity contribution in [2.75, 3.05) is 19.6 Å². The molecule has 90 valence electrons. The maximum Gasteiger partial charge on any atom is 0.241 e. The number of hydrogen-bond acceptors (Lipinski definition) is 2. The molecule has 2 aliphatic rings. The zero-order chi connectivity index (χ0) is 10.1. The van der Waals surface area contributed by atoms with Gasteiger partial charge in [0.2, 0.25) is 6.43 Å². The van der Waals surface area contributed by atoms with Crippen LogP contribution < -0.4 is 5.32 Å². The van der Waals surface area contributed by atoms with Gasteiger partial charge < -0.3 is 5.32 Å². The van der Waals surface area contributed by atoms with E-state index in [1.165, 1.54) is 0 Å². The van der Waals surface area contributed by atoms with Crippen molar-refractivity contribution in [3.63, 3.8) is 0 Å². The quantitative estimate of drug-likeness (QED) is 0.791. The predicted molar refractivity (Wildman–Crippen MR) is 58.8 cm³/mol. The van der Waals surface area contributed by atoms with E-state index < -0.39 is 6.43 Å². The smallest absolute Gasteiger partial charge is 0.241 e. The predicted octanol–water partition coefficient (Wildman–Crippen LogP) is 1.75. The number of nitrogens with zero attached hydrogens (tertiary/aromatic N) is 1. The molecule has 0 bridgehead atoms. The minimum atomic E-state index is -2.11. The molecule has 0 aromatic heterocycles. The van der Waals surface area contributed by atoms with Gasteiger partial charge in [-0.05, 0) is 19.8 Å². The van der Waals surface area contributed by atoms with E-state index in [-0.39, 0.29) is 18.3 Å². The van der Waals surface area contributed by atoms with E-state index in [0.717, 1.165) is 19.6 Å². The molecule has 0 aromatic carbocycles. The molecule has 0 radical (unpaired) electrons. The van der Waals surface area contributed by atoms with E-state index in [1.807, 2.05) is 0 Å². The summed E-state index contributed by atoms with van der Waals surface area (Å²) in [4.78, 5) is 2.38. The first-order valence-electron chi connectivity index (χ1n) is 5.43. The second-order valence-electron chi connectivity index (χ2n) is 4.51. The highest BCUT2D eigenvalue weighted by molar-refractivity contribution is 5.85. The molecule has 1 aliphatic heterocycles. The summed E-state index contributed by atoms with van der Waals surface area (Å²) in [6, 6.07) is 0.929. The van der Waals surface area contributed by atoms with Gasteiger partial charge in [0, 0.05) is 37.6 Å². The molecule has 1 aliphatic carbocycles. The van der Waals surface area contributed by atoms with Crippen LogP contribution in [0.4, 0.5) is 8.78 Å². The fraction of sp³-hybridized carbons (Fsp3) is 1.00. The van der Waals surface area contributed by atoms with Crippen LogP contribution in [0, 0.1) is 5.92 Å². The third kappa shape index (κ3) is 2.80. The molecule has 5 heteroatoms. The van der Waals surface area contributed by atoms with Crippen molar-refractivity contribution >= 4 is 12.4 Å². The van der Waals surface area contributed by atoms with Crippen LogP contribution in [-0.4, -0.2) is 43.0 Å². The van der Waals surface area contributed by atoms with E-state index in [4.69, 9.17) is 0 Å². The van der Waals surface area contributed by atoms with Gasteiger partial charge in [-0.15, -0.1) is 12.4 Å². The molecule has 0 amide bonds. The molecule has 2 rings (SSSR count). The van der Waals surface area contributed by atoms with Crippen molar-refractivity contribution in [3.05, 3.63) is 0 Å². The molecule has 1 saturated carbocycles. The van der Waals surface area contributed by atoms with Gasteiger partial charge in [-0.25, -0.2) is 8.78 Å². The molecule has 0 aromatic rings. The van der Waals surface area contributed by atoms with Crippen LogP contribution in [0.1, 0.15) is 19.8 Å². The Hall–Kier alpha value is 0.0700. The molecule has 1 atom stereocenters. The lowest BCUT2D eigenvalue weighted by molar-refractivity contribution is -0.0382. The van der Waals surface area contributed by atoms with Crippen LogP contribution in [0.15, 0.2) is 0 Å². The standard InChI is InChI=1S/C10H18F2N2.ClH/c1-7-6-13-2-3-14(7)9-4-8(5-9)10(11)12;/h7-10,13H,2-6H2,1H3;1H/t7-,8?,9?;/m1./s1. The Morgan fingerprint density at radius 3 is 2.53 bits per heavy atom. The second kappa shape index (κ2) is 5.41. The van der Waals surface area contributed by atoms with Crippen molar-refractivity contribution in [2.24, 2.45) is 5.92 Å². The van der Waals surface area contributed by atoms with Crippen LogP contribution in [0.3, 0.4) is 0 Å². The van der Waals surface area contributed by atoms with Gasteiger partial charge in [-0.2, -0.15) is 0 Å². The molecular weight excluding hydrogens is 222 g/mol. The van der Waals surface area contributed by atoms with Gasteiger partial charge in [0.1, 0.15) is 0 Å². The summed E-state index contributed by atoms with van der Waals surface area (Å²) in [5.74, 6) is -0.331. The minimum Gasteiger partial charge on any atom is -0.314 e. The Labute approximate surface area is 95.8 Å². The van der Waals surface area contributed by atoms with E-state index >= 15 is 0 Å². The average molecular weight is 241 g/mol. The Morgan fingerprint density at radius 1 is 1.33 bits per heavy atom. The number of alkyl halides is 2. The van der Waals surface area contributed by atoms with Gasteiger partial charge in [0.15, 0.2) is 0 Å². The molecule has 2 fully saturated rings. The highest BCUT2D eigenvalue weighted by Crippen LogP contribution is 2.36. The fourth-order valence-electron chi connectivity index (χ4n) is 2.51. The summed E-state index contributed by atoms with van der Waals surface area (Å²) in [5, 5.41) is 3.31. The van der Waals surface area contributed by atoms with E-state index in [1.54, 1.807) is 0 Å². The van der Waals surface area contributed by atoms with Crippen LogP contribution in [0.5, 0.6) is 0 Å². The van der Waals surface area contributed by atoms with E-state index in [9.17, 15) is 8.78 Å².